The van der Waals surface area contributed by atoms with E-state index in [9.17, 15) is 14.4 Å². The number of amides is 2. The average molecular weight is 683 g/mol. The number of carbonyl (C=O) groups is 3. The van der Waals surface area contributed by atoms with Crippen molar-refractivity contribution in [3.8, 4) is 0 Å². The molecule has 0 spiro atoms. The van der Waals surface area contributed by atoms with Crippen LogP contribution in [0.2, 0.25) is 0 Å². The highest BCUT2D eigenvalue weighted by atomic mass is 16.5. The van der Waals surface area contributed by atoms with E-state index in [-0.39, 0.29) is 37.8 Å². The number of nitrogens with one attached hydrogen (secondary N) is 1. The summed E-state index contributed by atoms with van der Waals surface area (Å²) in [5.41, 5.74) is 2.17. The molecule has 2 amide bonds. The van der Waals surface area contributed by atoms with Crippen LogP contribution in [0.4, 0.5) is 0 Å². The Morgan fingerprint density at radius 3 is 2.18 bits per heavy atom. The lowest BCUT2D eigenvalue weighted by Crippen LogP contribution is -2.60. The quantitative estimate of drug-likeness (QED) is 0.150. The summed E-state index contributed by atoms with van der Waals surface area (Å²) in [4.78, 5) is 44.0. The number of esters is 1. The molecule has 2 aliphatic heterocycles. The van der Waals surface area contributed by atoms with E-state index in [2.05, 4.69) is 5.32 Å². The summed E-state index contributed by atoms with van der Waals surface area (Å²) in [6, 6.07) is 37.9. The lowest BCUT2D eigenvalue weighted by Gasteiger charge is -2.51. The molecule has 0 radical (unpaired) electrons. The highest BCUT2D eigenvalue weighted by Gasteiger charge is 2.59. The number of benzene rings is 5. The predicted octanol–water partition coefficient (Wildman–Crippen LogP) is 7.10. The zero-order valence-corrected chi connectivity index (χ0v) is 28.9. The van der Waals surface area contributed by atoms with Crippen molar-refractivity contribution >= 4 is 39.3 Å². The first kappa shape index (κ1) is 34.2. The third kappa shape index (κ3) is 6.89. The smallest absolute Gasteiger partial charge is 0.320 e. The number of piperidine rings is 1. The van der Waals surface area contributed by atoms with Crippen LogP contribution in [0.15, 0.2) is 127 Å². The van der Waals surface area contributed by atoms with Crippen molar-refractivity contribution in [3.63, 3.8) is 0 Å². The van der Waals surface area contributed by atoms with Crippen LogP contribution in [0, 0.1) is 11.3 Å². The van der Waals surface area contributed by atoms with Gasteiger partial charge < -0.3 is 24.4 Å². The van der Waals surface area contributed by atoms with Crippen molar-refractivity contribution in [2.45, 2.75) is 51.7 Å². The van der Waals surface area contributed by atoms with Crippen LogP contribution in [0.25, 0.3) is 21.5 Å². The molecule has 2 heterocycles. The third-order valence-corrected chi connectivity index (χ3v) is 10.3. The molecule has 2 aliphatic rings. The lowest BCUT2D eigenvalue weighted by molar-refractivity contribution is -0.178. The van der Waals surface area contributed by atoms with Gasteiger partial charge in [0, 0.05) is 24.6 Å². The SMILES string of the molecule is COC(=O)[C@]12C[C@H](CC(=O)NCc3cccc4ccccc34)C(=O)N(Cc3cccc4ccccc34)C1=C[C@H](COCc1ccccc1)O[C@@H]2C. The number of hydrogen-bond donors (Lipinski definition) is 1. The minimum absolute atomic E-state index is 0.0802. The Labute approximate surface area is 298 Å². The molecule has 0 saturated carbocycles. The van der Waals surface area contributed by atoms with Gasteiger partial charge in [-0.05, 0) is 57.7 Å². The van der Waals surface area contributed by atoms with Crippen LogP contribution in [0.1, 0.15) is 36.5 Å². The fourth-order valence-corrected chi connectivity index (χ4v) is 7.72. The van der Waals surface area contributed by atoms with Crippen LogP contribution in [0.3, 0.4) is 0 Å². The van der Waals surface area contributed by atoms with Gasteiger partial charge in [-0.15, -0.1) is 0 Å². The second kappa shape index (κ2) is 14.9. The van der Waals surface area contributed by atoms with Gasteiger partial charge in [0.05, 0.1) is 33.0 Å². The molecule has 0 bridgehead atoms. The number of rotatable bonds is 11. The van der Waals surface area contributed by atoms with Gasteiger partial charge in [-0.1, -0.05) is 115 Å². The molecule has 4 atom stereocenters. The molecular weight excluding hydrogens is 640 g/mol. The Hall–Kier alpha value is -5.31. The summed E-state index contributed by atoms with van der Waals surface area (Å²) in [5, 5.41) is 7.25. The summed E-state index contributed by atoms with van der Waals surface area (Å²) >= 11 is 0. The Balaban J connectivity index is 1.20. The molecule has 5 aromatic carbocycles. The van der Waals surface area contributed by atoms with Gasteiger partial charge in [-0.3, -0.25) is 14.4 Å². The monoisotopic (exact) mass is 682 g/mol. The molecule has 260 valence electrons. The maximum absolute atomic E-state index is 14.7. The topological polar surface area (TPSA) is 94.2 Å². The van der Waals surface area contributed by atoms with E-state index in [1.54, 1.807) is 4.90 Å². The summed E-state index contributed by atoms with van der Waals surface area (Å²) in [6.07, 6.45) is 0.663. The van der Waals surface area contributed by atoms with Crippen LogP contribution in [-0.4, -0.2) is 48.6 Å². The number of ether oxygens (including phenoxy) is 3. The van der Waals surface area contributed by atoms with E-state index in [0.717, 1.165) is 38.2 Å². The highest BCUT2D eigenvalue weighted by Crippen LogP contribution is 2.51. The first-order valence-corrected chi connectivity index (χ1v) is 17.5. The van der Waals surface area contributed by atoms with Gasteiger partial charge in [0.2, 0.25) is 11.8 Å². The van der Waals surface area contributed by atoms with Crippen molar-refractivity contribution in [1.29, 1.82) is 0 Å². The molecule has 7 rings (SSSR count). The maximum Gasteiger partial charge on any atom is 0.320 e. The Bertz CT molecular complexity index is 2080. The third-order valence-electron chi connectivity index (χ3n) is 10.3. The molecular formula is C43H42N2O6. The molecule has 0 aliphatic carbocycles. The van der Waals surface area contributed by atoms with E-state index in [1.165, 1.54) is 7.11 Å². The van der Waals surface area contributed by atoms with Gasteiger partial charge in [0.1, 0.15) is 11.5 Å². The molecule has 8 heteroatoms. The Kier molecular flexibility index (Phi) is 9.97. The largest absolute Gasteiger partial charge is 0.468 e. The predicted molar refractivity (Wildman–Crippen MR) is 196 cm³/mol. The number of carbonyl (C=O) groups excluding carboxylic acids is 3. The lowest BCUT2D eigenvalue weighted by atomic mass is 9.66. The van der Waals surface area contributed by atoms with Gasteiger partial charge >= 0.3 is 5.97 Å². The average Bonchev–Trinajstić information content (AvgIpc) is 3.16. The van der Waals surface area contributed by atoms with Crippen molar-refractivity contribution in [2.75, 3.05) is 13.7 Å². The summed E-state index contributed by atoms with van der Waals surface area (Å²) < 4.78 is 18.0. The highest BCUT2D eigenvalue weighted by molar-refractivity contribution is 5.94. The summed E-state index contributed by atoms with van der Waals surface area (Å²) in [7, 11) is 1.36. The molecule has 1 saturated heterocycles. The van der Waals surface area contributed by atoms with Gasteiger partial charge in [0.25, 0.3) is 0 Å². The van der Waals surface area contributed by atoms with Crippen molar-refractivity contribution in [2.24, 2.45) is 11.3 Å². The van der Waals surface area contributed by atoms with Crippen molar-refractivity contribution < 1.29 is 28.6 Å². The van der Waals surface area contributed by atoms with Gasteiger partial charge in [-0.2, -0.15) is 0 Å². The van der Waals surface area contributed by atoms with E-state index in [4.69, 9.17) is 14.2 Å². The molecule has 1 N–H and O–H groups in total. The molecule has 0 unspecified atom stereocenters. The summed E-state index contributed by atoms with van der Waals surface area (Å²) in [6.45, 7) is 3.00. The van der Waals surface area contributed by atoms with Crippen molar-refractivity contribution in [3.05, 3.63) is 144 Å². The Morgan fingerprint density at radius 2 is 1.47 bits per heavy atom. The van der Waals surface area contributed by atoms with Crippen LogP contribution in [0.5, 0.6) is 0 Å². The fraction of sp³-hybridized carbons (Fsp3) is 0.279. The second-order valence-electron chi connectivity index (χ2n) is 13.4. The number of hydrogen-bond acceptors (Lipinski definition) is 6. The second-order valence-corrected chi connectivity index (χ2v) is 13.4. The number of fused-ring (bicyclic) bond motifs is 3. The van der Waals surface area contributed by atoms with E-state index in [1.807, 2.05) is 128 Å². The van der Waals surface area contributed by atoms with Crippen LogP contribution in [-0.2, 0) is 48.3 Å². The first-order chi connectivity index (χ1) is 24.9. The first-order valence-electron chi connectivity index (χ1n) is 17.5. The van der Waals surface area contributed by atoms with E-state index >= 15 is 0 Å². The van der Waals surface area contributed by atoms with E-state index < -0.39 is 29.5 Å². The number of methoxy groups -OCH3 is 1. The minimum atomic E-state index is -1.32. The van der Waals surface area contributed by atoms with E-state index in [0.29, 0.717) is 18.8 Å². The van der Waals surface area contributed by atoms with Crippen molar-refractivity contribution in [1.82, 2.24) is 10.2 Å². The molecule has 5 aromatic rings. The molecule has 51 heavy (non-hydrogen) atoms. The normalized spacial score (nSPS) is 21.6. The zero-order valence-electron chi connectivity index (χ0n) is 28.9. The Morgan fingerprint density at radius 1 is 0.843 bits per heavy atom. The van der Waals surface area contributed by atoms with Gasteiger partial charge in [-0.25, -0.2) is 0 Å². The fourth-order valence-electron chi connectivity index (χ4n) is 7.72. The molecule has 0 aromatic heterocycles. The molecule has 8 nitrogen and oxygen atoms in total. The van der Waals surface area contributed by atoms with Crippen LogP contribution >= 0.6 is 0 Å². The maximum atomic E-state index is 14.7. The number of nitrogens with zero attached hydrogens (tertiary/aromatic N) is 1. The summed E-state index contributed by atoms with van der Waals surface area (Å²) in [5.74, 6) is -1.77. The standard InChI is InChI=1S/C43H42N2O6/c1-29-43(42(48)49-2)24-35(22-40(46)44-25-33-18-10-16-31-14-6-8-20-37(31)33)41(47)45(26-34-19-11-17-32-15-7-9-21-38(32)34)39(43)23-36(51-29)28-50-27-30-12-4-3-5-13-30/h3-21,23,29,35-36H,22,24-28H2,1-2H3,(H,44,46)/t29-,35+,36-,43+/m1/s1. The van der Waals surface area contributed by atoms with Crippen LogP contribution < -0.4 is 5.32 Å². The minimum Gasteiger partial charge on any atom is -0.468 e. The molecule has 1 fully saturated rings. The zero-order chi connectivity index (χ0) is 35.4. The number of likely N-dealkylation sites (tertiary alicyclic amines) is 1. The van der Waals surface area contributed by atoms with Gasteiger partial charge in [0.15, 0.2) is 0 Å².